The van der Waals surface area contributed by atoms with E-state index < -0.39 is 12.1 Å². The number of carbonyl (C=O) groups is 1. The van der Waals surface area contributed by atoms with Gasteiger partial charge >= 0.3 is 5.97 Å². The topological polar surface area (TPSA) is 65.0 Å². The van der Waals surface area contributed by atoms with Crippen molar-refractivity contribution in [1.82, 2.24) is 0 Å². The van der Waals surface area contributed by atoms with Gasteiger partial charge in [-0.15, -0.1) is 11.6 Å². The molecule has 164 valence electrons. The van der Waals surface area contributed by atoms with Crippen molar-refractivity contribution in [1.29, 1.82) is 0 Å². The van der Waals surface area contributed by atoms with Crippen LogP contribution in [-0.4, -0.2) is 42.9 Å². The van der Waals surface area contributed by atoms with Gasteiger partial charge in [-0.05, 0) is 35.4 Å². The van der Waals surface area contributed by atoms with Crippen molar-refractivity contribution in [2.75, 3.05) is 25.7 Å². The minimum Gasteiger partial charge on any atom is -0.493 e. The molecule has 0 bridgehead atoms. The molecule has 0 unspecified atom stereocenters. The Morgan fingerprint density at radius 1 is 0.933 bits per heavy atom. The third kappa shape index (κ3) is 7.22. The molecule has 0 radical (unpaired) electrons. The van der Waals surface area contributed by atoms with Crippen molar-refractivity contribution < 1.29 is 24.1 Å². The van der Waals surface area contributed by atoms with Crippen LogP contribution >= 0.6 is 11.6 Å². The van der Waals surface area contributed by atoms with Crippen LogP contribution in [0.25, 0.3) is 0 Å². The Hall–Kier alpha value is -2.24. The molecule has 2 aromatic carbocycles. The summed E-state index contributed by atoms with van der Waals surface area (Å²) in [5.74, 6) is 1.95. The molecule has 0 aliphatic rings. The monoisotopic (exact) mass is 434 g/mol. The molecule has 2 atom stereocenters. The molecular weight excluding hydrogens is 404 g/mol. The van der Waals surface area contributed by atoms with E-state index in [4.69, 9.17) is 25.8 Å². The quantitative estimate of drug-likeness (QED) is 0.414. The zero-order chi connectivity index (χ0) is 22.1. The van der Waals surface area contributed by atoms with Crippen LogP contribution in [0.2, 0.25) is 0 Å². The van der Waals surface area contributed by atoms with Crippen molar-refractivity contribution >= 4 is 17.6 Å². The first kappa shape index (κ1) is 24.0. The number of hydrogen-bond donors (Lipinski definition) is 1. The number of aliphatic hydroxyl groups is 1. The molecular formula is C24H31ClO5. The Morgan fingerprint density at radius 2 is 1.40 bits per heavy atom. The first-order chi connectivity index (χ1) is 14.2. The highest BCUT2D eigenvalue weighted by Crippen LogP contribution is 2.33. The summed E-state index contributed by atoms with van der Waals surface area (Å²) in [6, 6.07) is 15.9. The van der Waals surface area contributed by atoms with Gasteiger partial charge in [0.2, 0.25) is 0 Å². The second kappa shape index (κ2) is 11.2. The van der Waals surface area contributed by atoms with Gasteiger partial charge in [-0.2, -0.15) is 0 Å². The van der Waals surface area contributed by atoms with Crippen LogP contribution in [0.1, 0.15) is 38.8 Å². The smallest absolute Gasteiger partial charge is 0.302 e. The Balaban J connectivity index is 1.96. The Bertz CT molecular complexity index is 786. The van der Waals surface area contributed by atoms with Gasteiger partial charge in [0.05, 0.1) is 6.61 Å². The molecule has 6 heteroatoms. The molecule has 5 nitrogen and oxygen atoms in total. The van der Waals surface area contributed by atoms with E-state index >= 15 is 0 Å². The van der Waals surface area contributed by atoms with Crippen molar-refractivity contribution in [3.63, 3.8) is 0 Å². The molecule has 1 N–H and O–H groups in total. The summed E-state index contributed by atoms with van der Waals surface area (Å²) in [6.45, 7) is 8.26. The molecule has 2 rings (SSSR count). The van der Waals surface area contributed by atoms with Gasteiger partial charge in [-0.25, -0.2) is 0 Å². The molecule has 0 amide bonds. The second-order valence-electron chi connectivity index (χ2n) is 8.01. The summed E-state index contributed by atoms with van der Waals surface area (Å²) >= 11 is 5.82. The van der Waals surface area contributed by atoms with E-state index in [1.165, 1.54) is 12.5 Å². The summed E-state index contributed by atoms with van der Waals surface area (Å²) in [4.78, 5) is 10.8. The highest BCUT2D eigenvalue weighted by molar-refractivity contribution is 6.18. The van der Waals surface area contributed by atoms with Crippen LogP contribution in [0, 0.1) is 5.92 Å². The second-order valence-corrected chi connectivity index (χ2v) is 8.32. The number of benzene rings is 2. The lowest BCUT2D eigenvalue weighted by Gasteiger charge is -2.26. The maximum absolute atomic E-state index is 10.8. The van der Waals surface area contributed by atoms with E-state index in [-0.39, 0.29) is 18.6 Å². The maximum Gasteiger partial charge on any atom is 0.302 e. The fraction of sp³-hybridized carbons (Fsp3) is 0.458. The Morgan fingerprint density at radius 3 is 1.83 bits per heavy atom. The fourth-order valence-electron chi connectivity index (χ4n) is 2.84. The molecule has 30 heavy (non-hydrogen) atoms. The molecule has 0 aliphatic carbocycles. The highest BCUT2D eigenvalue weighted by Gasteiger charge is 2.23. The number of carbonyl (C=O) groups excluding carboxylic acids is 1. The van der Waals surface area contributed by atoms with E-state index in [1.807, 2.05) is 36.4 Å². The van der Waals surface area contributed by atoms with Crippen molar-refractivity contribution in [3.8, 4) is 11.5 Å². The number of halogens is 1. The number of rotatable bonds is 11. The third-order valence-corrected chi connectivity index (χ3v) is 5.40. The molecule has 0 aromatic heterocycles. The van der Waals surface area contributed by atoms with Gasteiger partial charge in [-0.1, -0.05) is 45.0 Å². The number of alkyl halides is 1. The molecule has 2 aromatic rings. The maximum atomic E-state index is 10.8. The van der Waals surface area contributed by atoms with Gasteiger partial charge in [0.25, 0.3) is 0 Å². The van der Waals surface area contributed by atoms with E-state index in [0.29, 0.717) is 24.2 Å². The van der Waals surface area contributed by atoms with Crippen LogP contribution in [0.3, 0.4) is 0 Å². The molecule has 0 fully saturated rings. The molecule has 0 spiro atoms. The SMILES string of the molecule is CC(=O)OC[C@@H](O)COc1ccc(C(C)(C)c2ccc(OC[C@H](C)CCl)cc2)cc1. The Labute approximate surface area is 183 Å². The van der Waals surface area contributed by atoms with Crippen LogP contribution in [-0.2, 0) is 14.9 Å². The van der Waals surface area contributed by atoms with Crippen molar-refractivity contribution in [2.45, 2.75) is 39.2 Å². The zero-order valence-corrected chi connectivity index (χ0v) is 18.8. The lowest BCUT2D eigenvalue weighted by Crippen LogP contribution is -2.24. The predicted molar refractivity (Wildman–Crippen MR) is 119 cm³/mol. The average molecular weight is 435 g/mol. The highest BCUT2D eigenvalue weighted by atomic mass is 35.5. The van der Waals surface area contributed by atoms with Gasteiger partial charge in [0.15, 0.2) is 0 Å². The van der Waals surface area contributed by atoms with E-state index in [1.54, 1.807) is 0 Å². The minimum atomic E-state index is -0.863. The normalized spacial score (nSPS) is 13.4. The largest absolute Gasteiger partial charge is 0.493 e. The summed E-state index contributed by atoms with van der Waals surface area (Å²) < 4.78 is 16.1. The first-order valence-corrected chi connectivity index (χ1v) is 10.6. The standard InChI is InChI=1S/C24H31ClO5/c1-17(13-25)14-29-22-9-5-19(6-10-22)24(3,4)20-7-11-23(12-8-20)30-16-21(27)15-28-18(2)26/h5-12,17,21,27H,13-16H2,1-4H3/t17-,21-/m1/s1. The Kier molecular flexibility index (Phi) is 9.00. The van der Waals surface area contributed by atoms with E-state index in [0.717, 1.165) is 11.3 Å². The van der Waals surface area contributed by atoms with Gasteiger partial charge in [0.1, 0.15) is 30.8 Å². The van der Waals surface area contributed by atoms with E-state index in [9.17, 15) is 9.90 Å². The average Bonchev–Trinajstić information content (AvgIpc) is 2.75. The van der Waals surface area contributed by atoms with Crippen LogP contribution in [0.5, 0.6) is 11.5 Å². The summed E-state index contributed by atoms with van der Waals surface area (Å²) in [6.07, 6.45) is -0.863. The zero-order valence-electron chi connectivity index (χ0n) is 18.1. The van der Waals surface area contributed by atoms with Gasteiger partial charge < -0.3 is 19.3 Å². The third-order valence-electron chi connectivity index (χ3n) is 4.87. The number of ether oxygens (including phenoxy) is 3. The van der Waals surface area contributed by atoms with Crippen molar-refractivity contribution in [2.24, 2.45) is 5.92 Å². The lowest BCUT2D eigenvalue weighted by molar-refractivity contribution is -0.144. The molecule has 0 saturated heterocycles. The van der Waals surface area contributed by atoms with Crippen LogP contribution in [0.15, 0.2) is 48.5 Å². The number of hydrogen-bond acceptors (Lipinski definition) is 5. The summed E-state index contributed by atoms with van der Waals surface area (Å²) in [5, 5.41) is 9.78. The van der Waals surface area contributed by atoms with Crippen molar-refractivity contribution in [3.05, 3.63) is 59.7 Å². The number of aliphatic hydroxyl groups excluding tert-OH is 1. The molecule has 0 heterocycles. The lowest BCUT2D eigenvalue weighted by atomic mass is 9.78. The van der Waals surface area contributed by atoms with Gasteiger partial charge in [0, 0.05) is 24.1 Å². The number of esters is 1. The molecule has 0 saturated carbocycles. The predicted octanol–water partition coefficient (Wildman–Crippen LogP) is 4.57. The van der Waals surface area contributed by atoms with E-state index in [2.05, 4.69) is 32.9 Å². The fourth-order valence-corrected chi connectivity index (χ4v) is 2.93. The molecule has 0 aliphatic heterocycles. The minimum absolute atomic E-state index is 0.0554. The first-order valence-electron chi connectivity index (χ1n) is 10.1. The van der Waals surface area contributed by atoms with Crippen LogP contribution in [0.4, 0.5) is 0 Å². The summed E-state index contributed by atoms with van der Waals surface area (Å²) in [7, 11) is 0. The summed E-state index contributed by atoms with van der Waals surface area (Å²) in [5.41, 5.74) is 2.11. The van der Waals surface area contributed by atoms with Crippen LogP contribution < -0.4 is 9.47 Å². The van der Waals surface area contributed by atoms with Gasteiger partial charge in [-0.3, -0.25) is 4.79 Å².